The second-order valence-corrected chi connectivity index (χ2v) is 10.6. The number of azo groups is 2. The van der Waals surface area contributed by atoms with E-state index in [0.717, 1.165) is 85.6 Å². The molecule has 2 heterocycles. The molecule has 0 aliphatic carbocycles. The standard InChI is InChI=1S/C30H36N6O4/c1-21(37)27(29(39)35-17-5-3-6-18-35)33-31-25-13-9-23(10-14-25)24-11-15-26(16-12-24)32-34-28(22(2)38)30(40)36-19-7-4-8-20-36/h9-16,27-28H,3-8,17-20H2,1-2H3/p+2. The zero-order valence-corrected chi connectivity index (χ0v) is 23.3. The van der Waals surface area contributed by atoms with Gasteiger partial charge in [-0.15, -0.1) is 0 Å². The molecule has 2 amide bonds. The largest absolute Gasteiger partial charge is 0.346 e. The number of carbonyl (C=O) groups excluding carboxylic acids is 4. The van der Waals surface area contributed by atoms with Gasteiger partial charge in [0.15, 0.2) is 11.6 Å². The summed E-state index contributed by atoms with van der Waals surface area (Å²) < 4.78 is 0. The molecule has 2 aliphatic rings. The predicted molar refractivity (Wildman–Crippen MR) is 149 cm³/mol. The SMILES string of the molecule is CC(=O)C(N=Nc1ccc(-c2ccc(N=NC(C(C)=O)C(=O)[NH+]3CCCCC3)cc2)cc1)C(=O)[NH+]1CCCCC1. The van der Waals surface area contributed by atoms with Crippen LogP contribution in [0.1, 0.15) is 52.4 Å². The molecular formula is C30H38N6O4+2. The molecule has 2 unspecified atom stereocenters. The van der Waals surface area contributed by atoms with Gasteiger partial charge in [-0.3, -0.25) is 19.4 Å². The van der Waals surface area contributed by atoms with Crippen molar-refractivity contribution in [3.8, 4) is 11.1 Å². The van der Waals surface area contributed by atoms with Crippen molar-refractivity contribution in [1.29, 1.82) is 0 Å². The second kappa shape index (κ2) is 14.0. The Hall–Kier alpha value is -3.76. The predicted octanol–water partition coefficient (Wildman–Crippen LogP) is 2.63. The Morgan fingerprint density at radius 2 is 0.875 bits per heavy atom. The van der Waals surface area contributed by atoms with E-state index < -0.39 is 12.1 Å². The normalized spacial score (nSPS) is 18.6. The first-order chi connectivity index (χ1) is 19.3. The fourth-order valence-corrected chi connectivity index (χ4v) is 5.16. The van der Waals surface area contributed by atoms with E-state index in [0.29, 0.717) is 11.4 Å². The number of likely N-dealkylation sites (tertiary alicyclic amines) is 2. The Bertz CT molecular complexity index is 1160. The van der Waals surface area contributed by atoms with Crippen LogP contribution in [0.25, 0.3) is 11.1 Å². The molecule has 2 aliphatic heterocycles. The molecule has 10 nitrogen and oxygen atoms in total. The number of quaternary nitrogens is 2. The van der Waals surface area contributed by atoms with Gasteiger partial charge in [-0.25, -0.2) is 9.59 Å². The minimum absolute atomic E-state index is 0.198. The summed E-state index contributed by atoms with van der Waals surface area (Å²) in [5, 5.41) is 16.6. The highest BCUT2D eigenvalue weighted by atomic mass is 16.2. The summed E-state index contributed by atoms with van der Waals surface area (Å²) in [4.78, 5) is 51.4. The maximum absolute atomic E-state index is 12.8. The third-order valence-electron chi connectivity index (χ3n) is 7.52. The van der Waals surface area contributed by atoms with Gasteiger partial charge in [-0.2, -0.15) is 20.5 Å². The van der Waals surface area contributed by atoms with E-state index in [1.54, 1.807) is 24.3 Å². The van der Waals surface area contributed by atoms with Gasteiger partial charge in [0.25, 0.3) is 0 Å². The van der Waals surface area contributed by atoms with Crippen LogP contribution in [-0.2, 0) is 19.2 Å². The van der Waals surface area contributed by atoms with Gasteiger partial charge in [0.2, 0.25) is 12.1 Å². The molecule has 2 fully saturated rings. The van der Waals surface area contributed by atoms with Gasteiger partial charge in [0, 0.05) is 0 Å². The molecule has 2 N–H and O–H groups in total. The number of benzene rings is 2. The van der Waals surface area contributed by atoms with Crippen LogP contribution in [0.5, 0.6) is 0 Å². The van der Waals surface area contributed by atoms with Crippen LogP contribution in [0, 0.1) is 0 Å². The van der Waals surface area contributed by atoms with Crippen LogP contribution in [0.3, 0.4) is 0 Å². The quantitative estimate of drug-likeness (QED) is 0.370. The number of nitrogens with one attached hydrogen (secondary N) is 2. The van der Waals surface area contributed by atoms with Gasteiger partial charge in [-0.1, -0.05) is 24.3 Å². The zero-order chi connectivity index (χ0) is 28.5. The van der Waals surface area contributed by atoms with Crippen molar-refractivity contribution in [3.05, 3.63) is 48.5 Å². The smallest absolute Gasteiger partial charge is 0.297 e. The highest BCUT2D eigenvalue weighted by Crippen LogP contribution is 2.25. The molecule has 0 saturated carbocycles. The first-order valence-electron chi connectivity index (χ1n) is 14.1. The molecule has 0 bridgehead atoms. The minimum Gasteiger partial charge on any atom is -0.297 e. The molecule has 210 valence electrons. The Morgan fingerprint density at radius 3 is 1.18 bits per heavy atom. The molecule has 0 spiro atoms. The fourth-order valence-electron chi connectivity index (χ4n) is 5.16. The topological polar surface area (TPSA) is 127 Å². The number of hydrogen-bond acceptors (Lipinski definition) is 8. The lowest BCUT2D eigenvalue weighted by molar-refractivity contribution is -0.826. The Kier molecular flexibility index (Phi) is 10.3. The minimum atomic E-state index is -1.08. The summed E-state index contributed by atoms with van der Waals surface area (Å²) in [6.45, 7) is 5.71. The molecular weight excluding hydrogens is 508 g/mol. The molecule has 2 aromatic rings. The number of carbonyl (C=O) groups is 4. The molecule has 0 radical (unpaired) electrons. The number of nitrogens with zero attached hydrogens (tertiary/aromatic N) is 4. The summed E-state index contributed by atoms with van der Waals surface area (Å²) in [7, 11) is 0. The van der Waals surface area contributed by atoms with E-state index >= 15 is 0 Å². The lowest BCUT2D eigenvalue weighted by Crippen LogP contribution is -3.16. The third-order valence-corrected chi connectivity index (χ3v) is 7.52. The van der Waals surface area contributed by atoms with Crippen molar-refractivity contribution < 1.29 is 29.0 Å². The van der Waals surface area contributed by atoms with E-state index in [1.165, 1.54) is 13.8 Å². The molecule has 0 aromatic heterocycles. The van der Waals surface area contributed by atoms with Crippen molar-refractivity contribution >= 4 is 34.8 Å². The van der Waals surface area contributed by atoms with Gasteiger partial charge < -0.3 is 0 Å². The molecule has 2 saturated heterocycles. The maximum atomic E-state index is 12.8. The molecule has 4 rings (SSSR count). The van der Waals surface area contributed by atoms with Gasteiger partial charge >= 0.3 is 11.8 Å². The lowest BCUT2D eigenvalue weighted by Gasteiger charge is -2.22. The summed E-state index contributed by atoms with van der Waals surface area (Å²) in [5.74, 6) is -0.993. The van der Waals surface area contributed by atoms with Crippen LogP contribution in [-0.4, -0.2) is 61.6 Å². The van der Waals surface area contributed by atoms with Gasteiger partial charge in [0.05, 0.1) is 37.6 Å². The highest BCUT2D eigenvalue weighted by Gasteiger charge is 2.34. The van der Waals surface area contributed by atoms with Crippen LogP contribution in [0.4, 0.5) is 11.4 Å². The van der Waals surface area contributed by atoms with E-state index in [4.69, 9.17) is 0 Å². The van der Waals surface area contributed by atoms with E-state index in [2.05, 4.69) is 20.5 Å². The molecule has 2 atom stereocenters. The van der Waals surface area contributed by atoms with Gasteiger partial charge in [-0.05, 0) is 87.8 Å². The maximum Gasteiger partial charge on any atom is 0.346 e. The van der Waals surface area contributed by atoms with Crippen molar-refractivity contribution in [3.63, 3.8) is 0 Å². The Labute approximate surface area is 234 Å². The number of piperidine rings is 2. The summed E-state index contributed by atoms with van der Waals surface area (Å²) in [6.07, 6.45) is 6.14. The average Bonchev–Trinajstić information content (AvgIpc) is 2.98. The van der Waals surface area contributed by atoms with E-state index in [9.17, 15) is 19.2 Å². The van der Waals surface area contributed by atoms with Crippen LogP contribution < -0.4 is 9.80 Å². The zero-order valence-electron chi connectivity index (χ0n) is 23.3. The van der Waals surface area contributed by atoms with Crippen molar-refractivity contribution in [2.75, 3.05) is 26.2 Å². The van der Waals surface area contributed by atoms with Crippen molar-refractivity contribution in [1.82, 2.24) is 0 Å². The first-order valence-corrected chi connectivity index (χ1v) is 14.1. The second-order valence-electron chi connectivity index (χ2n) is 10.6. The number of hydrogen-bond donors (Lipinski definition) is 2. The lowest BCUT2D eigenvalue weighted by atomic mass is 10.1. The first kappa shape index (κ1) is 29.2. The number of Topliss-reactive ketones (excluding diaryl/α,β-unsaturated/α-hetero) is 2. The van der Waals surface area contributed by atoms with Crippen molar-refractivity contribution in [2.24, 2.45) is 20.5 Å². The van der Waals surface area contributed by atoms with Gasteiger partial charge in [0.1, 0.15) is 0 Å². The number of rotatable bonds is 9. The highest BCUT2D eigenvalue weighted by molar-refractivity contribution is 6.01. The average molecular weight is 547 g/mol. The van der Waals surface area contributed by atoms with Crippen LogP contribution in [0.15, 0.2) is 69.0 Å². The summed E-state index contributed by atoms with van der Waals surface area (Å²) >= 11 is 0. The Balaban J connectivity index is 1.39. The van der Waals surface area contributed by atoms with Crippen molar-refractivity contribution in [2.45, 2.75) is 64.5 Å². The van der Waals surface area contributed by atoms with Crippen LogP contribution >= 0.6 is 0 Å². The summed E-state index contributed by atoms with van der Waals surface area (Å²) in [6, 6.07) is 12.5. The molecule has 2 aromatic carbocycles. The third kappa shape index (κ3) is 7.67. The monoisotopic (exact) mass is 546 g/mol. The summed E-state index contributed by atoms with van der Waals surface area (Å²) in [5.41, 5.74) is 2.98. The fraction of sp³-hybridized carbons (Fsp3) is 0.467. The van der Waals surface area contributed by atoms with Crippen LogP contribution in [0.2, 0.25) is 0 Å². The molecule has 10 heteroatoms. The van der Waals surface area contributed by atoms with E-state index in [1.807, 2.05) is 24.3 Å². The Morgan fingerprint density at radius 1 is 0.550 bits per heavy atom. The van der Waals surface area contributed by atoms with E-state index in [-0.39, 0.29) is 23.4 Å². The molecule has 40 heavy (non-hydrogen) atoms. The number of ketones is 2. The number of amides is 2.